The monoisotopic (exact) mass is 480 g/mol. The quantitative estimate of drug-likeness (QED) is 0.235. The van der Waals surface area contributed by atoms with E-state index < -0.39 is 4.92 Å². The van der Waals surface area contributed by atoms with Crippen molar-refractivity contribution in [3.05, 3.63) is 58.1 Å². The smallest absolute Gasteiger partial charge is 0.274 e. The highest BCUT2D eigenvalue weighted by Gasteiger charge is 2.18. The molecule has 13 nitrogen and oxygen atoms in total. The minimum Gasteiger partial charge on any atom is -0.504 e. The third-order valence-electron chi connectivity index (χ3n) is 4.92. The zero-order valence-electron chi connectivity index (χ0n) is 18.9. The van der Waals surface area contributed by atoms with Gasteiger partial charge in [-0.1, -0.05) is 18.2 Å². The summed E-state index contributed by atoms with van der Waals surface area (Å²) in [5.74, 6) is 0.621. The number of nitro benzene ring substituents is 1. The number of ether oxygens (including phenoxy) is 2. The maximum Gasteiger partial charge on any atom is 0.274 e. The Hall–Kier alpha value is -4.52. The molecule has 0 atom stereocenters. The van der Waals surface area contributed by atoms with Crippen molar-refractivity contribution < 1.29 is 19.5 Å². The van der Waals surface area contributed by atoms with E-state index >= 15 is 0 Å². The molecular formula is C22H24N8O5. The lowest BCUT2D eigenvalue weighted by Crippen LogP contribution is -2.37. The van der Waals surface area contributed by atoms with Crippen molar-refractivity contribution in [2.45, 2.75) is 6.92 Å². The maximum atomic E-state index is 11.3. The molecule has 1 aliphatic heterocycles. The van der Waals surface area contributed by atoms with E-state index in [-0.39, 0.29) is 35.3 Å². The van der Waals surface area contributed by atoms with Crippen molar-refractivity contribution >= 4 is 35.4 Å². The molecule has 0 amide bonds. The number of anilines is 4. The number of aromatic nitrogens is 3. The van der Waals surface area contributed by atoms with Crippen LogP contribution in [0.1, 0.15) is 12.5 Å². The number of aromatic hydroxyl groups is 1. The van der Waals surface area contributed by atoms with Crippen molar-refractivity contribution in [2.75, 3.05) is 48.6 Å². The van der Waals surface area contributed by atoms with Gasteiger partial charge in [-0.3, -0.25) is 10.1 Å². The summed E-state index contributed by atoms with van der Waals surface area (Å²) in [6, 6.07) is 11.8. The first-order chi connectivity index (χ1) is 17.0. The largest absolute Gasteiger partial charge is 0.504 e. The van der Waals surface area contributed by atoms with Gasteiger partial charge in [-0.25, -0.2) is 5.43 Å². The number of morpholine rings is 1. The van der Waals surface area contributed by atoms with Gasteiger partial charge in [0.05, 0.1) is 37.0 Å². The molecule has 182 valence electrons. The van der Waals surface area contributed by atoms with Crippen molar-refractivity contribution in [2.24, 2.45) is 5.10 Å². The highest BCUT2D eigenvalue weighted by atomic mass is 16.6. The van der Waals surface area contributed by atoms with Crippen LogP contribution in [0.2, 0.25) is 0 Å². The summed E-state index contributed by atoms with van der Waals surface area (Å²) in [6.45, 7) is 4.31. The predicted molar refractivity (Wildman–Crippen MR) is 130 cm³/mol. The van der Waals surface area contributed by atoms with Gasteiger partial charge in [0.2, 0.25) is 17.8 Å². The fourth-order valence-corrected chi connectivity index (χ4v) is 3.27. The second-order valence-corrected chi connectivity index (χ2v) is 7.31. The van der Waals surface area contributed by atoms with Crippen LogP contribution in [0.4, 0.5) is 29.2 Å². The molecule has 1 aliphatic rings. The molecule has 0 spiro atoms. The zero-order chi connectivity index (χ0) is 24.6. The molecule has 0 unspecified atom stereocenters. The van der Waals surface area contributed by atoms with Crippen LogP contribution in [0.5, 0.6) is 11.5 Å². The first-order valence-corrected chi connectivity index (χ1v) is 10.9. The van der Waals surface area contributed by atoms with E-state index in [2.05, 4.69) is 30.8 Å². The number of hydrogen-bond acceptors (Lipinski definition) is 12. The average molecular weight is 480 g/mol. The molecule has 4 rings (SSSR count). The van der Waals surface area contributed by atoms with Gasteiger partial charge < -0.3 is 24.8 Å². The second kappa shape index (κ2) is 11.1. The molecular weight excluding hydrogens is 456 g/mol. The number of nitrogens with zero attached hydrogens (tertiary/aromatic N) is 6. The van der Waals surface area contributed by atoms with E-state index in [0.29, 0.717) is 38.2 Å². The summed E-state index contributed by atoms with van der Waals surface area (Å²) in [5, 5.41) is 28.9. The third kappa shape index (κ3) is 6.09. The van der Waals surface area contributed by atoms with Crippen LogP contribution in [-0.4, -0.2) is 64.1 Å². The molecule has 1 aromatic heterocycles. The topological polar surface area (TPSA) is 160 Å². The lowest BCUT2D eigenvalue weighted by Gasteiger charge is -2.27. The minimum absolute atomic E-state index is 0.00716. The number of hydrazone groups is 1. The van der Waals surface area contributed by atoms with Crippen LogP contribution >= 0.6 is 0 Å². The van der Waals surface area contributed by atoms with E-state index in [1.807, 2.05) is 35.2 Å². The van der Waals surface area contributed by atoms with Gasteiger partial charge in [0.25, 0.3) is 5.69 Å². The average Bonchev–Trinajstić information content (AvgIpc) is 2.87. The van der Waals surface area contributed by atoms with Crippen LogP contribution in [0.3, 0.4) is 0 Å². The van der Waals surface area contributed by atoms with Gasteiger partial charge in [-0.2, -0.15) is 20.1 Å². The molecule has 2 heterocycles. The molecule has 1 saturated heterocycles. The van der Waals surface area contributed by atoms with E-state index in [1.165, 1.54) is 12.3 Å². The van der Waals surface area contributed by atoms with Crippen molar-refractivity contribution in [1.29, 1.82) is 0 Å². The number of para-hydroxylation sites is 1. The predicted octanol–water partition coefficient (Wildman–Crippen LogP) is 2.91. The summed E-state index contributed by atoms with van der Waals surface area (Å²) < 4.78 is 10.7. The maximum absolute atomic E-state index is 11.3. The Bertz CT molecular complexity index is 1200. The van der Waals surface area contributed by atoms with Gasteiger partial charge in [0, 0.05) is 30.4 Å². The first-order valence-electron chi connectivity index (χ1n) is 10.9. The fourth-order valence-electron chi connectivity index (χ4n) is 3.27. The number of phenols is 1. The van der Waals surface area contributed by atoms with Crippen molar-refractivity contribution in [1.82, 2.24) is 15.0 Å². The number of rotatable bonds is 9. The van der Waals surface area contributed by atoms with E-state index in [0.717, 1.165) is 11.8 Å². The third-order valence-corrected chi connectivity index (χ3v) is 4.92. The Labute approximate surface area is 200 Å². The van der Waals surface area contributed by atoms with Gasteiger partial charge in [0.1, 0.15) is 0 Å². The molecule has 3 N–H and O–H groups in total. The van der Waals surface area contributed by atoms with E-state index in [4.69, 9.17) is 9.47 Å². The lowest BCUT2D eigenvalue weighted by molar-refractivity contribution is -0.385. The Kier molecular flexibility index (Phi) is 7.47. The van der Waals surface area contributed by atoms with Gasteiger partial charge in [-0.05, 0) is 19.1 Å². The number of nitro groups is 1. The normalized spacial score (nSPS) is 13.6. The Morgan fingerprint density at radius 2 is 1.94 bits per heavy atom. The molecule has 35 heavy (non-hydrogen) atoms. The molecule has 0 aliphatic carbocycles. The summed E-state index contributed by atoms with van der Waals surface area (Å²) in [4.78, 5) is 25.9. The summed E-state index contributed by atoms with van der Waals surface area (Å²) in [5.41, 5.74) is 3.37. The van der Waals surface area contributed by atoms with Crippen LogP contribution in [0.15, 0.2) is 47.6 Å². The molecule has 0 saturated carbocycles. The number of benzene rings is 2. The lowest BCUT2D eigenvalue weighted by atomic mass is 10.1. The summed E-state index contributed by atoms with van der Waals surface area (Å²) >= 11 is 0. The van der Waals surface area contributed by atoms with Gasteiger partial charge in [0.15, 0.2) is 11.5 Å². The summed E-state index contributed by atoms with van der Waals surface area (Å²) in [6.07, 6.45) is 1.23. The minimum atomic E-state index is -0.575. The van der Waals surface area contributed by atoms with Crippen LogP contribution in [0.25, 0.3) is 0 Å². The number of nitrogens with one attached hydrogen (secondary N) is 2. The highest BCUT2D eigenvalue weighted by molar-refractivity contribution is 5.86. The standard InChI is InChI=1S/C22H24N8O5/c1-2-35-18-13-17(30(32)33)12-15(19(18)31)14-23-28-21-25-20(24-16-6-4-3-5-7-16)26-22(27-21)29-8-10-34-11-9-29/h3-7,12-14,31H,2,8-11H2,1H3,(H2,24,25,26,27,28). The number of phenolic OH excluding ortho intramolecular Hbond substituents is 1. The number of hydrogen-bond donors (Lipinski definition) is 3. The molecule has 0 bridgehead atoms. The van der Waals surface area contributed by atoms with Crippen molar-refractivity contribution in [3.8, 4) is 11.5 Å². The Morgan fingerprint density at radius 1 is 1.20 bits per heavy atom. The zero-order valence-corrected chi connectivity index (χ0v) is 18.9. The first kappa shape index (κ1) is 23.6. The SMILES string of the molecule is CCOc1cc([N+](=O)[O-])cc(C=NNc2nc(Nc3ccccc3)nc(N3CCOCC3)n2)c1O. The Morgan fingerprint density at radius 3 is 2.66 bits per heavy atom. The number of non-ortho nitro benzene ring substituents is 1. The van der Waals surface area contributed by atoms with E-state index in [1.54, 1.807) is 6.92 Å². The van der Waals surface area contributed by atoms with Crippen LogP contribution in [0, 0.1) is 10.1 Å². The molecule has 3 aromatic rings. The van der Waals surface area contributed by atoms with Crippen LogP contribution < -0.4 is 20.4 Å². The molecule has 2 aromatic carbocycles. The highest BCUT2D eigenvalue weighted by Crippen LogP contribution is 2.34. The molecule has 13 heteroatoms. The Balaban J connectivity index is 1.60. The van der Waals surface area contributed by atoms with Gasteiger partial charge >= 0.3 is 0 Å². The fraction of sp³-hybridized carbons (Fsp3) is 0.273. The van der Waals surface area contributed by atoms with Crippen molar-refractivity contribution in [3.63, 3.8) is 0 Å². The van der Waals surface area contributed by atoms with Crippen LogP contribution in [-0.2, 0) is 4.74 Å². The second-order valence-electron chi connectivity index (χ2n) is 7.31. The van der Waals surface area contributed by atoms with Gasteiger partial charge in [-0.15, -0.1) is 0 Å². The van der Waals surface area contributed by atoms with E-state index in [9.17, 15) is 15.2 Å². The molecule has 0 radical (unpaired) electrons. The molecule has 1 fully saturated rings. The summed E-state index contributed by atoms with van der Waals surface area (Å²) in [7, 11) is 0.